The molecule has 0 radical (unpaired) electrons. The van der Waals surface area contributed by atoms with Gasteiger partial charge in [-0.25, -0.2) is 14.3 Å². The molecule has 5 amide bonds. The van der Waals surface area contributed by atoms with Crippen molar-refractivity contribution < 1.29 is 28.7 Å². The first kappa shape index (κ1) is 42.7. The van der Waals surface area contributed by atoms with Gasteiger partial charge in [-0.1, -0.05) is 23.7 Å². The summed E-state index contributed by atoms with van der Waals surface area (Å²) < 4.78 is 13.5. The van der Waals surface area contributed by atoms with Gasteiger partial charge in [-0.3, -0.25) is 29.6 Å². The van der Waals surface area contributed by atoms with Crippen molar-refractivity contribution in [3.63, 3.8) is 0 Å². The van der Waals surface area contributed by atoms with E-state index < -0.39 is 6.03 Å². The van der Waals surface area contributed by atoms with Crippen LogP contribution in [0.25, 0.3) is 16.9 Å². The predicted molar refractivity (Wildman–Crippen MR) is 246 cm³/mol. The summed E-state index contributed by atoms with van der Waals surface area (Å²) >= 11 is 6.44. The zero-order valence-electron chi connectivity index (χ0n) is 36.6. The van der Waals surface area contributed by atoms with Crippen LogP contribution < -0.4 is 30.5 Å². The number of imidazole rings is 1. The van der Waals surface area contributed by atoms with Crippen molar-refractivity contribution in [2.24, 2.45) is 11.3 Å². The Morgan fingerprint density at radius 2 is 1.71 bits per heavy atom. The van der Waals surface area contributed by atoms with Crippen LogP contribution in [0.4, 0.5) is 27.7 Å². The van der Waals surface area contributed by atoms with Gasteiger partial charge >= 0.3 is 6.03 Å². The fourth-order valence-corrected chi connectivity index (χ4v) is 10.5. The molecule has 65 heavy (non-hydrogen) atoms. The van der Waals surface area contributed by atoms with Crippen molar-refractivity contribution in [1.29, 1.82) is 0 Å². The molecule has 5 aliphatic rings. The van der Waals surface area contributed by atoms with Gasteiger partial charge in [0.1, 0.15) is 5.75 Å². The Morgan fingerprint density at radius 1 is 0.892 bits per heavy atom. The summed E-state index contributed by atoms with van der Waals surface area (Å²) in [6.45, 7) is 2.94. The highest BCUT2D eigenvalue weighted by Gasteiger charge is 2.40. The average molecular weight is 901 g/mol. The number of piperidine rings is 1. The predicted octanol–water partition coefficient (Wildman–Crippen LogP) is 7.03. The average Bonchev–Trinajstić information content (AvgIpc) is 3.96. The molecule has 10 rings (SSSR count). The van der Waals surface area contributed by atoms with Crippen molar-refractivity contribution in [3.8, 4) is 17.0 Å². The zero-order chi connectivity index (χ0) is 44.8. The Bertz CT molecular complexity index is 2650. The van der Waals surface area contributed by atoms with Gasteiger partial charge in [-0.05, 0) is 111 Å². The lowest BCUT2D eigenvalue weighted by atomic mass is 9.65. The van der Waals surface area contributed by atoms with Gasteiger partial charge in [-0.15, -0.1) is 5.10 Å². The van der Waals surface area contributed by atoms with E-state index in [2.05, 4.69) is 38.0 Å². The SMILES string of the molecule is CNc1cc(N2CCc3c(-c4ccc(OCC5CCC6(CC5)CCN(C(=O)c5ccc(Cl)c(N7CCC(=O)NC7=O)c5)CC6)cn4)cccc32)nn2c(C(=O)N[C@@H]3CC[C@H]3OC)cnc12. The fourth-order valence-electron chi connectivity index (χ4n) is 10.3. The molecule has 16 nitrogen and oxygen atoms in total. The normalized spacial score (nSPS) is 20.7. The Labute approximate surface area is 382 Å². The van der Waals surface area contributed by atoms with Gasteiger partial charge in [0.05, 0.1) is 53.2 Å². The van der Waals surface area contributed by atoms with Gasteiger partial charge < -0.3 is 29.9 Å². The third-order valence-electron chi connectivity index (χ3n) is 14.4. The number of nitrogens with zero attached hydrogens (tertiary/aromatic N) is 7. The number of ether oxygens (including phenoxy) is 2. The van der Waals surface area contributed by atoms with E-state index in [1.807, 2.05) is 42.4 Å². The van der Waals surface area contributed by atoms with Crippen LogP contribution in [0.1, 0.15) is 84.2 Å². The number of hydrogen-bond donors (Lipinski definition) is 3. The molecule has 3 aromatic heterocycles. The molecule has 2 aliphatic carbocycles. The van der Waals surface area contributed by atoms with E-state index in [4.69, 9.17) is 31.2 Å². The van der Waals surface area contributed by atoms with Crippen LogP contribution >= 0.6 is 11.6 Å². The van der Waals surface area contributed by atoms with E-state index in [-0.39, 0.29) is 48.2 Å². The maximum atomic E-state index is 13.6. The molecule has 338 valence electrons. The second kappa shape index (κ2) is 17.6. The van der Waals surface area contributed by atoms with Crippen molar-refractivity contribution in [2.45, 2.75) is 76.4 Å². The quantitative estimate of drug-likeness (QED) is 0.124. The minimum atomic E-state index is -0.531. The molecule has 5 aromatic rings. The van der Waals surface area contributed by atoms with E-state index in [0.29, 0.717) is 59.0 Å². The number of rotatable bonds is 11. The highest BCUT2D eigenvalue weighted by atomic mass is 35.5. The van der Waals surface area contributed by atoms with E-state index in [1.165, 1.54) is 10.5 Å². The lowest BCUT2D eigenvalue weighted by Gasteiger charge is -2.46. The Balaban J connectivity index is 0.736. The van der Waals surface area contributed by atoms with Crippen molar-refractivity contribution >= 4 is 63.9 Å². The fraction of sp³-hybridized carbons (Fsp3) is 0.438. The number of pyridine rings is 1. The lowest BCUT2D eigenvalue weighted by Crippen LogP contribution is -2.51. The number of hydrogen-bond acceptors (Lipinski definition) is 11. The van der Waals surface area contributed by atoms with Crippen molar-refractivity contribution in [2.75, 3.05) is 62.1 Å². The highest BCUT2D eigenvalue weighted by Crippen LogP contribution is 2.47. The van der Waals surface area contributed by atoms with Crippen LogP contribution in [0.5, 0.6) is 5.75 Å². The number of nitrogens with one attached hydrogen (secondary N) is 3. The standard InChI is InChI=1S/C48H53ClN10O6/c1-50-37-25-42(55-59-40(27-52-44(37)59)45(61)53-36-10-11-41(36)64-2)57-20-14-33-32(4-3-5-38(33)57)35-9-7-31(26-51-35)65-28-29-12-16-48(17-13-29)18-22-56(23-19-48)46(62)30-6-8-34(49)39(24-30)58-21-15-43(60)54-47(58)63/h3-9,24-27,29,36,41,50H,10-23,28H2,1-2H3,(H,53,61)(H,54,60,63)/t36-,41-/m1/s1. The summed E-state index contributed by atoms with van der Waals surface area (Å²) in [4.78, 5) is 66.1. The molecule has 17 heteroatoms. The van der Waals surface area contributed by atoms with Gasteiger partial charge in [0, 0.05) is 69.6 Å². The summed E-state index contributed by atoms with van der Waals surface area (Å²) in [7, 11) is 3.52. The second-order valence-corrected chi connectivity index (χ2v) is 18.4. The first-order chi connectivity index (χ1) is 31.6. The molecule has 1 spiro atoms. The molecule has 0 bridgehead atoms. The maximum absolute atomic E-state index is 13.6. The third kappa shape index (κ3) is 8.22. The first-order valence-corrected chi connectivity index (χ1v) is 23.1. The Hall–Kier alpha value is -6.26. The minimum Gasteiger partial charge on any atom is -0.492 e. The highest BCUT2D eigenvalue weighted by molar-refractivity contribution is 6.34. The lowest BCUT2D eigenvalue weighted by molar-refractivity contribution is -0.120. The maximum Gasteiger partial charge on any atom is 0.328 e. The molecule has 2 atom stereocenters. The van der Waals surface area contributed by atoms with Crippen LogP contribution in [0, 0.1) is 11.3 Å². The molecule has 2 aromatic carbocycles. The monoisotopic (exact) mass is 900 g/mol. The number of imide groups is 1. The molecule has 0 unspecified atom stereocenters. The number of benzene rings is 2. The van der Waals surface area contributed by atoms with Crippen LogP contribution in [0.2, 0.25) is 5.02 Å². The molecular formula is C48H53ClN10O6. The molecule has 6 heterocycles. The number of fused-ring (bicyclic) bond motifs is 2. The van der Waals surface area contributed by atoms with Gasteiger partial charge in [0.25, 0.3) is 11.8 Å². The summed E-state index contributed by atoms with van der Waals surface area (Å²) in [6.07, 6.45) is 12.5. The topological polar surface area (TPSA) is 176 Å². The van der Waals surface area contributed by atoms with Gasteiger partial charge in [0.2, 0.25) is 5.91 Å². The molecule has 2 saturated carbocycles. The molecule has 2 saturated heterocycles. The second-order valence-electron chi connectivity index (χ2n) is 18.0. The van der Waals surface area contributed by atoms with Crippen LogP contribution in [-0.4, -0.2) is 107 Å². The number of urea groups is 1. The van der Waals surface area contributed by atoms with Gasteiger partial charge in [-0.2, -0.15) is 0 Å². The van der Waals surface area contributed by atoms with E-state index in [9.17, 15) is 19.2 Å². The number of anilines is 4. The largest absolute Gasteiger partial charge is 0.492 e. The molecule has 3 N–H and O–H groups in total. The number of carbonyl (C=O) groups is 4. The third-order valence-corrected chi connectivity index (χ3v) is 14.7. The number of likely N-dealkylation sites (tertiary alicyclic amines) is 1. The van der Waals surface area contributed by atoms with Crippen LogP contribution in [0.15, 0.2) is 67.0 Å². The zero-order valence-corrected chi connectivity index (χ0v) is 37.4. The van der Waals surface area contributed by atoms with Crippen molar-refractivity contribution in [1.82, 2.24) is 35.1 Å². The van der Waals surface area contributed by atoms with E-state index >= 15 is 0 Å². The van der Waals surface area contributed by atoms with Crippen LogP contribution in [-0.2, 0) is 16.0 Å². The van der Waals surface area contributed by atoms with Gasteiger partial charge in [0.15, 0.2) is 17.2 Å². The summed E-state index contributed by atoms with van der Waals surface area (Å²) in [6, 6.07) is 16.7. The number of aromatic nitrogens is 4. The minimum absolute atomic E-state index is 0.0206. The Kier molecular flexibility index (Phi) is 11.6. The number of halogens is 1. The van der Waals surface area contributed by atoms with Crippen molar-refractivity contribution in [3.05, 3.63) is 88.8 Å². The van der Waals surface area contributed by atoms with Crippen LogP contribution in [0.3, 0.4) is 0 Å². The first-order valence-electron chi connectivity index (χ1n) is 22.7. The van der Waals surface area contributed by atoms with E-state index in [1.54, 1.807) is 36.0 Å². The summed E-state index contributed by atoms with van der Waals surface area (Å²) in [5.74, 6) is 1.30. The molecule has 3 aliphatic heterocycles. The van der Waals surface area contributed by atoms with E-state index in [0.717, 1.165) is 92.7 Å². The number of carbonyl (C=O) groups excluding carboxylic acids is 4. The number of amides is 5. The number of methoxy groups -OCH3 is 1. The summed E-state index contributed by atoms with van der Waals surface area (Å²) in [5, 5.41) is 14.0. The Morgan fingerprint density at radius 3 is 2.43 bits per heavy atom. The molecular weight excluding hydrogens is 848 g/mol. The smallest absolute Gasteiger partial charge is 0.328 e. The molecule has 4 fully saturated rings. The summed E-state index contributed by atoms with van der Waals surface area (Å²) in [5.41, 5.74) is 7.06.